The lowest BCUT2D eigenvalue weighted by atomic mass is 10.1. The summed E-state index contributed by atoms with van der Waals surface area (Å²) < 4.78 is 12.3. The minimum Gasteiger partial charge on any atom is -0.497 e. The maximum Gasteiger partial charge on any atom is 0.246 e. The highest BCUT2D eigenvalue weighted by atomic mass is 16.5. The van der Waals surface area contributed by atoms with Crippen molar-refractivity contribution >= 4 is 17.8 Å². The van der Waals surface area contributed by atoms with Crippen molar-refractivity contribution in [3.05, 3.63) is 54.7 Å². The number of benzene rings is 2. The monoisotopic (exact) mass is 478 g/mol. The van der Waals surface area contributed by atoms with Gasteiger partial charge in [-0.25, -0.2) is 4.98 Å². The summed E-state index contributed by atoms with van der Waals surface area (Å²) in [4.78, 5) is 32.0. The van der Waals surface area contributed by atoms with Crippen molar-refractivity contribution in [3.8, 4) is 28.4 Å². The van der Waals surface area contributed by atoms with Gasteiger partial charge < -0.3 is 14.4 Å². The standard InChI is InChI=1S/C27H34N4O4/c1-18(2)15-30(26(33)19(3)4)17-25(32)29-27-28-24(20-7-11-22(34-5)12-8-20)16-31(27)21-9-13-23(35-6)14-10-21/h7-14,16,18-19H,15,17H2,1-6H3,(H,28,29,32). The van der Waals surface area contributed by atoms with E-state index in [4.69, 9.17) is 14.5 Å². The fourth-order valence-electron chi connectivity index (χ4n) is 3.68. The number of aromatic nitrogens is 2. The Labute approximate surface area is 206 Å². The number of nitrogens with zero attached hydrogens (tertiary/aromatic N) is 3. The molecule has 0 saturated carbocycles. The van der Waals surface area contributed by atoms with E-state index in [1.807, 2.05) is 87.0 Å². The van der Waals surface area contributed by atoms with Crippen molar-refractivity contribution in [2.24, 2.45) is 11.8 Å². The first-order chi connectivity index (χ1) is 16.7. The number of anilines is 1. The van der Waals surface area contributed by atoms with E-state index in [1.54, 1.807) is 19.1 Å². The van der Waals surface area contributed by atoms with Gasteiger partial charge in [-0.3, -0.25) is 19.5 Å². The molecule has 0 aliphatic rings. The molecule has 1 heterocycles. The highest BCUT2D eigenvalue weighted by Crippen LogP contribution is 2.27. The van der Waals surface area contributed by atoms with Gasteiger partial charge in [0.1, 0.15) is 11.5 Å². The third-order valence-electron chi connectivity index (χ3n) is 5.42. The molecule has 1 N–H and O–H groups in total. The van der Waals surface area contributed by atoms with Gasteiger partial charge in [0.25, 0.3) is 0 Å². The molecule has 0 radical (unpaired) electrons. The molecule has 0 fully saturated rings. The molecule has 2 amide bonds. The van der Waals surface area contributed by atoms with Crippen LogP contribution >= 0.6 is 0 Å². The van der Waals surface area contributed by atoms with Gasteiger partial charge in [-0.15, -0.1) is 0 Å². The number of hydrogen-bond acceptors (Lipinski definition) is 5. The summed E-state index contributed by atoms with van der Waals surface area (Å²) in [6, 6.07) is 15.0. The van der Waals surface area contributed by atoms with Crippen molar-refractivity contribution < 1.29 is 19.1 Å². The fourth-order valence-corrected chi connectivity index (χ4v) is 3.68. The third-order valence-corrected chi connectivity index (χ3v) is 5.42. The minimum absolute atomic E-state index is 0.0392. The van der Waals surface area contributed by atoms with Crippen LogP contribution in [0.5, 0.6) is 11.5 Å². The summed E-state index contributed by atoms with van der Waals surface area (Å²) in [6.07, 6.45) is 1.87. The lowest BCUT2D eigenvalue weighted by Gasteiger charge is -2.25. The number of ether oxygens (including phenoxy) is 2. The van der Waals surface area contributed by atoms with E-state index < -0.39 is 0 Å². The third kappa shape index (κ3) is 6.62. The normalized spacial score (nSPS) is 11.0. The van der Waals surface area contributed by atoms with E-state index in [9.17, 15) is 9.59 Å². The molecule has 0 unspecified atom stereocenters. The zero-order chi connectivity index (χ0) is 25.5. The van der Waals surface area contributed by atoms with Gasteiger partial charge in [0.05, 0.1) is 26.5 Å². The van der Waals surface area contributed by atoms with Crippen LogP contribution in [0, 0.1) is 11.8 Å². The Hall–Kier alpha value is -3.81. The molecule has 2 aromatic carbocycles. The largest absolute Gasteiger partial charge is 0.497 e. The molecule has 8 nitrogen and oxygen atoms in total. The molecule has 0 bridgehead atoms. The number of amides is 2. The molecule has 3 aromatic rings. The Morgan fingerprint density at radius 2 is 1.51 bits per heavy atom. The van der Waals surface area contributed by atoms with Crippen LogP contribution in [0.3, 0.4) is 0 Å². The molecule has 1 aromatic heterocycles. The molecule has 0 saturated heterocycles. The van der Waals surface area contributed by atoms with E-state index in [2.05, 4.69) is 5.32 Å². The van der Waals surface area contributed by atoms with Crippen LogP contribution in [-0.4, -0.2) is 53.6 Å². The zero-order valence-corrected chi connectivity index (χ0v) is 21.2. The van der Waals surface area contributed by atoms with E-state index in [0.29, 0.717) is 18.2 Å². The van der Waals surface area contributed by atoms with Gasteiger partial charge in [-0.05, 0) is 54.4 Å². The summed E-state index contributed by atoms with van der Waals surface area (Å²) >= 11 is 0. The summed E-state index contributed by atoms with van der Waals surface area (Å²) in [5, 5.41) is 2.91. The van der Waals surface area contributed by atoms with Gasteiger partial charge in [0.15, 0.2) is 0 Å². The lowest BCUT2D eigenvalue weighted by molar-refractivity contribution is -0.138. The molecule has 0 spiro atoms. The van der Waals surface area contributed by atoms with E-state index >= 15 is 0 Å². The molecule has 0 aliphatic heterocycles. The number of methoxy groups -OCH3 is 2. The van der Waals surface area contributed by atoms with Crippen LogP contribution in [0.2, 0.25) is 0 Å². The maximum atomic E-state index is 13.0. The first-order valence-corrected chi connectivity index (χ1v) is 11.7. The van der Waals surface area contributed by atoms with Crippen molar-refractivity contribution in [2.75, 3.05) is 32.6 Å². The quantitative estimate of drug-likeness (QED) is 0.459. The number of hydrogen-bond donors (Lipinski definition) is 1. The average Bonchev–Trinajstić information content (AvgIpc) is 3.26. The summed E-state index contributed by atoms with van der Waals surface area (Å²) in [5.74, 6) is 1.54. The average molecular weight is 479 g/mol. The molecule has 35 heavy (non-hydrogen) atoms. The molecule has 0 aliphatic carbocycles. The lowest BCUT2D eigenvalue weighted by Crippen LogP contribution is -2.42. The Morgan fingerprint density at radius 3 is 2.03 bits per heavy atom. The minimum atomic E-state index is -0.304. The molecule has 0 atom stereocenters. The summed E-state index contributed by atoms with van der Waals surface area (Å²) in [5.41, 5.74) is 2.38. The van der Waals surface area contributed by atoms with Gasteiger partial charge in [-0.2, -0.15) is 0 Å². The second kappa shape index (κ2) is 11.6. The summed E-state index contributed by atoms with van der Waals surface area (Å²) in [6.45, 7) is 8.19. The SMILES string of the molecule is COc1ccc(-c2cn(-c3ccc(OC)cc3)c(NC(=O)CN(CC(C)C)C(=O)C(C)C)n2)cc1. The van der Waals surface area contributed by atoms with Crippen molar-refractivity contribution in [1.82, 2.24) is 14.5 Å². The van der Waals surface area contributed by atoms with Crippen LogP contribution in [0.1, 0.15) is 27.7 Å². The van der Waals surface area contributed by atoms with Crippen LogP contribution in [0.15, 0.2) is 54.7 Å². The topological polar surface area (TPSA) is 85.7 Å². The van der Waals surface area contributed by atoms with Crippen molar-refractivity contribution in [2.45, 2.75) is 27.7 Å². The van der Waals surface area contributed by atoms with Crippen LogP contribution in [0.25, 0.3) is 16.9 Å². The Morgan fingerprint density at radius 1 is 0.943 bits per heavy atom. The highest BCUT2D eigenvalue weighted by molar-refractivity contribution is 5.94. The Bertz CT molecular complexity index is 1130. The predicted molar refractivity (Wildman–Crippen MR) is 137 cm³/mol. The smallest absolute Gasteiger partial charge is 0.246 e. The van der Waals surface area contributed by atoms with E-state index in [-0.39, 0.29) is 30.2 Å². The van der Waals surface area contributed by atoms with Crippen molar-refractivity contribution in [1.29, 1.82) is 0 Å². The molecule has 8 heteroatoms. The number of nitrogens with one attached hydrogen (secondary N) is 1. The Kier molecular flexibility index (Phi) is 8.52. The second-order valence-electron chi connectivity index (χ2n) is 9.06. The van der Waals surface area contributed by atoms with E-state index in [1.165, 1.54) is 0 Å². The second-order valence-corrected chi connectivity index (χ2v) is 9.06. The van der Waals surface area contributed by atoms with Gasteiger partial charge in [0.2, 0.25) is 17.8 Å². The molecular weight excluding hydrogens is 444 g/mol. The maximum absolute atomic E-state index is 13.0. The van der Waals surface area contributed by atoms with Gasteiger partial charge >= 0.3 is 0 Å². The first kappa shape index (κ1) is 25.8. The summed E-state index contributed by atoms with van der Waals surface area (Å²) in [7, 11) is 3.23. The number of carbonyl (C=O) groups is 2. The zero-order valence-electron chi connectivity index (χ0n) is 21.2. The molecule has 3 rings (SSSR count). The number of rotatable bonds is 10. The van der Waals surface area contributed by atoms with Crippen LogP contribution < -0.4 is 14.8 Å². The molecule has 186 valence electrons. The first-order valence-electron chi connectivity index (χ1n) is 11.7. The van der Waals surface area contributed by atoms with Crippen LogP contribution in [-0.2, 0) is 9.59 Å². The fraction of sp³-hybridized carbons (Fsp3) is 0.370. The number of imidazole rings is 1. The van der Waals surface area contributed by atoms with E-state index in [0.717, 1.165) is 22.7 Å². The van der Waals surface area contributed by atoms with Crippen LogP contribution in [0.4, 0.5) is 5.95 Å². The Balaban J connectivity index is 1.92. The number of carbonyl (C=O) groups excluding carboxylic acids is 2. The van der Waals surface area contributed by atoms with Crippen molar-refractivity contribution in [3.63, 3.8) is 0 Å². The van der Waals surface area contributed by atoms with Gasteiger partial charge in [-0.1, -0.05) is 27.7 Å². The predicted octanol–water partition coefficient (Wildman–Crippen LogP) is 4.64. The van der Waals surface area contributed by atoms with Gasteiger partial charge in [0, 0.05) is 29.9 Å². The molecular formula is C27H34N4O4. The highest BCUT2D eigenvalue weighted by Gasteiger charge is 2.22.